The Morgan fingerprint density at radius 3 is 2.61 bits per heavy atom. The molecular weight excluding hydrogens is 415 g/mol. The second-order valence-electron chi connectivity index (χ2n) is 7.36. The fraction of sp³-hybridized carbons (Fsp3) is 0.227. The molecule has 1 aliphatic heterocycles. The molecule has 7 nitrogen and oxygen atoms in total. The van der Waals surface area contributed by atoms with Gasteiger partial charge in [0.25, 0.3) is 5.91 Å². The zero-order chi connectivity index (χ0) is 21.5. The largest absolute Gasteiger partial charge is 0.329 e. The van der Waals surface area contributed by atoms with Gasteiger partial charge in [0.1, 0.15) is 17.3 Å². The highest BCUT2D eigenvalue weighted by Gasteiger charge is 2.35. The topological polar surface area (TPSA) is 76.8 Å². The van der Waals surface area contributed by atoms with Crippen molar-refractivity contribution in [2.45, 2.75) is 26.4 Å². The molecule has 0 radical (unpaired) electrons. The van der Waals surface area contributed by atoms with Crippen LogP contribution in [0.25, 0.3) is 22.2 Å². The van der Waals surface area contributed by atoms with Crippen molar-refractivity contribution < 1.29 is 9.18 Å². The van der Waals surface area contributed by atoms with Crippen molar-refractivity contribution in [3.63, 3.8) is 0 Å². The van der Waals surface area contributed by atoms with Crippen LogP contribution in [0.4, 0.5) is 4.39 Å². The molecule has 0 spiro atoms. The predicted octanol–water partition coefficient (Wildman–Crippen LogP) is 4.13. The van der Waals surface area contributed by atoms with E-state index in [1.165, 1.54) is 35.8 Å². The zero-order valence-electron chi connectivity index (χ0n) is 17.0. The van der Waals surface area contributed by atoms with Crippen LogP contribution in [0.3, 0.4) is 0 Å². The summed E-state index contributed by atoms with van der Waals surface area (Å²) < 4.78 is 19.7. The number of carbonyl (C=O) groups is 1. The molecule has 0 saturated carbocycles. The van der Waals surface area contributed by atoms with Crippen molar-refractivity contribution >= 4 is 17.4 Å². The van der Waals surface area contributed by atoms with Crippen LogP contribution in [0, 0.1) is 12.7 Å². The number of aromatic nitrogens is 5. The molecule has 5 rings (SSSR count). The van der Waals surface area contributed by atoms with Crippen LogP contribution in [-0.4, -0.2) is 41.2 Å². The van der Waals surface area contributed by atoms with Crippen LogP contribution in [0.2, 0.25) is 0 Å². The van der Waals surface area contributed by atoms with Crippen LogP contribution in [0.1, 0.15) is 34.8 Å². The Morgan fingerprint density at radius 1 is 1.13 bits per heavy atom. The molecule has 31 heavy (non-hydrogen) atoms. The summed E-state index contributed by atoms with van der Waals surface area (Å²) in [5, 5.41) is 0.742. The van der Waals surface area contributed by atoms with E-state index in [0.29, 0.717) is 24.5 Å². The Morgan fingerprint density at radius 2 is 1.94 bits per heavy atom. The number of benzene rings is 1. The lowest BCUT2D eigenvalue weighted by molar-refractivity contribution is 0.0645. The maximum Gasteiger partial charge on any atom is 0.254 e. The Balaban J connectivity index is 1.61. The van der Waals surface area contributed by atoms with Gasteiger partial charge < -0.3 is 9.47 Å². The Labute approximate surface area is 182 Å². The number of imidazole rings is 1. The van der Waals surface area contributed by atoms with E-state index < -0.39 is 0 Å². The van der Waals surface area contributed by atoms with Crippen molar-refractivity contribution in [1.29, 1.82) is 0 Å². The van der Waals surface area contributed by atoms with E-state index in [0.717, 1.165) is 27.9 Å². The molecule has 0 fully saturated rings. The first kappa shape index (κ1) is 19.5. The van der Waals surface area contributed by atoms with Crippen LogP contribution in [-0.2, 0) is 6.54 Å². The third kappa shape index (κ3) is 3.40. The summed E-state index contributed by atoms with van der Waals surface area (Å²) in [6.07, 6.45) is 1.73. The second-order valence-corrected chi connectivity index (χ2v) is 8.12. The highest BCUT2D eigenvalue weighted by Crippen LogP contribution is 2.38. The molecule has 1 aliphatic rings. The number of fused-ring (bicyclic) bond motifs is 1. The maximum absolute atomic E-state index is 13.3. The van der Waals surface area contributed by atoms with Crippen molar-refractivity contribution in [3.8, 4) is 22.2 Å². The predicted molar refractivity (Wildman–Crippen MR) is 115 cm³/mol. The molecule has 4 heterocycles. The number of pyridine rings is 1. The van der Waals surface area contributed by atoms with Crippen molar-refractivity contribution in [3.05, 3.63) is 71.6 Å². The van der Waals surface area contributed by atoms with Gasteiger partial charge in [-0.15, -0.1) is 0 Å². The number of carbonyl (C=O) groups excluding carboxylic acids is 1. The minimum absolute atomic E-state index is 0.139. The summed E-state index contributed by atoms with van der Waals surface area (Å²) in [5.74, 6) is 0.937. The number of hydrogen-bond acceptors (Lipinski definition) is 6. The van der Waals surface area contributed by atoms with E-state index in [-0.39, 0.29) is 17.8 Å². The molecule has 0 aliphatic carbocycles. The van der Waals surface area contributed by atoms with Gasteiger partial charge in [-0.25, -0.2) is 14.4 Å². The highest BCUT2D eigenvalue weighted by molar-refractivity contribution is 7.09. The number of rotatable bonds is 3. The third-order valence-corrected chi connectivity index (χ3v) is 6.22. The minimum atomic E-state index is -0.365. The third-order valence-electron chi connectivity index (χ3n) is 5.41. The van der Waals surface area contributed by atoms with Crippen LogP contribution >= 0.6 is 11.5 Å². The molecule has 0 bridgehead atoms. The van der Waals surface area contributed by atoms with Crippen molar-refractivity contribution in [1.82, 2.24) is 28.8 Å². The molecule has 3 aromatic heterocycles. The fourth-order valence-corrected chi connectivity index (χ4v) is 4.61. The van der Waals surface area contributed by atoms with Crippen LogP contribution < -0.4 is 0 Å². The van der Waals surface area contributed by atoms with E-state index in [1.807, 2.05) is 32.0 Å². The second kappa shape index (κ2) is 7.66. The normalized spacial score (nSPS) is 15.7. The number of halogens is 1. The lowest BCUT2D eigenvalue weighted by Crippen LogP contribution is -2.41. The Bertz CT molecular complexity index is 1250. The van der Waals surface area contributed by atoms with Gasteiger partial charge in [-0.2, -0.15) is 4.37 Å². The molecule has 9 heteroatoms. The van der Waals surface area contributed by atoms with Crippen LogP contribution in [0.15, 0.2) is 48.7 Å². The van der Waals surface area contributed by atoms with E-state index in [1.54, 1.807) is 11.1 Å². The summed E-state index contributed by atoms with van der Waals surface area (Å²) in [4.78, 5) is 28.9. The zero-order valence-corrected chi connectivity index (χ0v) is 17.8. The number of aryl methyl sites for hydroxylation is 1. The van der Waals surface area contributed by atoms with Gasteiger partial charge in [0.2, 0.25) is 0 Å². The first-order valence-corrected chi connectivity index (χ1v) is 10.7. The summed E-state index contributed by atoms with van der Waals surface area (Å²) in [5.41, 5.74) is 2.83. The SMILES string of the molecule is Cc1nsc(-c2nc(-c3ccccn3)c3n2CCN(C(=O)c2ccc(F)cc2)[C@@H]3C)n1. The lowest BCUT2D eigenvalue weighted by atomic mass is 10.0. The fourth-order valence-electron chi connectivity index (χ4n) is 3.94. The number of amides is 1. The number of nitrogens with zero attached hydrogens (tertiary/aromatic N) is 6. The molecule has 0 unspecified atom stereocenters. The van der Waals surface area contributed by atoms with E-state index >= 15 is 0 Å². The first-order chi connectivity index (χ1) is 15.0. The van der Waals surface area contributed by atoms with Crippen molar-refractivity contribution in [2.75, 3.05) is 6.54 Å². The molecule has 1 aromatic carbocycles. The molecule has 0 N–H and O–H groups in total. The summed E-state index contributed by atoms with van der Waals surface area (Å²) in [6, 6.07) is 11.1. The molecule has 0 saturated heterocycles. The minimum Gasteiger partial charge on any atom is -0.329 e. The average molecular weight is 435 g/mol. The molecular formula is C22H19FN6OS. The highest BCUT2D eigenvalue weighted by atomic mass is 32.1. The Kier molecular flexibility index (Phi) is 4.82. The number of hydrogen-bond donors (Lipinski definition) is 0. The standard InChI is InChI=1S/C22H19FN6OS/c1-13-19-18(17-5-3-4-10-24-17)26-20(21-25-14(2)27-31-21)29(19)12-11-28(13)22(30)15-6-8-16(23)9-7-15/h3-10,13H,11-12H2,1-2H3/t13-/m1/s1. The monoisotopic (exact) mass is 434 g/mol. The lowest BCUT2D eigenvalue weighted by Gasteiger charge is -2.35. The van der Waals surface area contributed by atoms with Gasteiger partial charge in [-0.1, -0.05) is 6.07 Å². The van der Waals surface area contributed by atoms with E-state index in [4.69, 9.17) is 4.98 Å². The quantitative estimate of drug-likeness (QED) is 0.485. The van der Waals surface area contributed by atoms with Crippen molar-refractivity contribution in [2.24, 2.45) is 0 Å². The maximum atomic E-state index is 13.3. The van der Waals surface area contributed by atoms with Gasteiger partial charge in [-0.3, -0.25) is 9.78 Å². The Hall–Kier alpha value is -3.46. The molecule has 4 aromatic rings. The van der Waals surface area contributed by atoms with E-state index in [9.17, 15) is 9.18 Å². The molecule has 1 atom stereocenters. The van der Waals surface area contributed by atoms with Gasteiger partial charge >= 0.3 is 0 Å². The summed E-state index contributed by atoms with van der Waals surface area (Å²) >= 11 is 1.31. The summed E-state index contributed by atoms with van der Waals surface area (Å²) in [7, 11) is 0. The first-order valence-electron chi connectivity index (χ1n) is 9.92. The van der Waals surface area contributed by atoms with Gasteiger partial charge in [-0.05, 0) is 61.8 Å². The van der Waals surface area contributed by atoms with Gasteiger partial charge in [0, 0.05) is 24.8 Å². The summed E-state index contributed by atoms with van der Waals surface area (Å²) in [6.45, 7) is 4.91. The average Bonchev–Trinajstić information content (AvgIpc) is 3.39. The molecule has 1 amide bonds. The molecule has 156 valence electrons. The smallest absolute Gasteiger partial charge is 0.254 e. The van der Waals surface area contributed by atoms with Gasteiger partial charge in [0.15, 0.2) is 10.8 Å². The van der Waals surface area contributed by atoms with Crippen LogP contribution in [0.5, 0.6) is 0 Å². The van der Waals surface area contributed by atoms with E-state index in [2.05, 4.69) is 18.9 Å². The van der Waals surface area contributed by atoms with Gasteiger partial charge in [0.05, 0.1) is 17.4 Å².